The number of anilines is 1. The van der Waals surface area contributed by atoms with Gasteiger partial charge in [0.05, 0.1) is 5.69 Å². The molecule has 98 valence electrons. The lowest BCUT2D eigenvalue weighted by Crippen LogP contribution is -2.01. The highest BCUT2D eigenvalue weighted by Gasteiger charge is 2.06. The van der Waals surface area contributed by atoms with Crippen LogP contribution >= 0.6 is 23.1 Å². The van der Waals surface area contributed by atoms with Crippen LogP contribution in [0.25, 0.3) is 0 Å². The van der Waals surface area contributed by atoms with Gasteiger partial charge in [-0.25, -0.2) is 0 Å². The molecule has 0 aliphatic heterocycles. The largest absolute Gasteiger partial charge is 0.360 e. The van der Waals surface area contributed by atoms with Gasteiger partial charge in [-0.3, -0.25) is 4.68 Å². The number of hydrogen-bond acceptors (Lipinski definition) is 6. The smallest absolute Gasteiger partial charge is 0.206 e. The molecule has 0 aliphatic carbocycles. The van der Waals surface area contributed by atoms with Crippen molar-refractivity contribution in [3.63, 3.8) is 0 Å². The molecule has 7 heteroatoms. The lowest BCUT2D eigenvalue weighted by atomic mass is 10.4. The van der Waals surface area contributed by atoms with Crippen LogP contribution in [0.4, 0.5) is 5.13 Å². The van der Waals surface area contributed by atoms with Gasteiger partial charge < -0.3 is 5.32 Å². The second-order valence-electron chi connectivity index (χ2n) is 4.07. The lowest BCUT2D eigenvalue weighted by Gasteiger charge is -2.03. The van der Waals surface area contributed by atoms with E-state index in [1.807, 2.05) is 17.8 Å². The summed E-state index contributed by atoms with van der Waals surface area (Å²) in [4.78, 5) is 0. The first-order valence-corrected chi connectivity index (χ1v) is 7.73. The Morgan fingerprint density at radius 1 is 1.44 bits per heavy atom. The number of hydrogen-bond donors (Lipinski definition) is 1. The summed E-state index contributed by atoms with van der Waals surface area (Å²) in [6.07, 6.45) is 2.02. The minimum Gasteiger partial charge on any atom is -0.360 e. The zero-order chi connectivity index (χ0) is 13.0. The molecule has 1 N–H and O–H groups in total. The van der Waals surface area contributed by atoms with Crippen LogP contribution < -0.4 is 5.32 Å². The Morgan fingerprint density at radius 3 is 2.94 bits per heavy atom. The van der Waals surface area contributed by atoms with Crippen LogP contribution in [0.3, 0.4) is 0 Å². The summed E-state index contributed by atoms with van der Waals surface area (Å²) in [6, 6.07) is 2.46. The van der Waals surface area contributed by atoms with Crippen molar-refractivity contribution in [3.05, 3.63) is 18.0 Å². The van der Waals surface area contributed by atoms with Crippen molar-refractivity contribution in [2.24, 2.45) is 0 Å². The summed E-state index contributed by atoms with van der Waals surface area (Å²) in [6.45, 7) is 7.17. The predicted octanol–water partition coefficient (Wildman–Crippen LogP) is 3.04. The van der Waals surface area contributed by atoms with Gasteiger partial charge in [0.2, 0.25) is 5.13 Å². The molecule has 0 amide bonds. The lowest BCUT2D eigenvalue weighted by molar-refractivity contribution is 0.529. The second-order valence-corrected chi connectivity index (χ2v) is 6.27. The van der Waals surface area contributed by atoms with Crippen LogP contribution in [0.2, 0.25) is 0 Å². The van der Waals surface area contributed by atoms with Crippen molar-refractivity contribution in [1.29, 1.82) is 0 Å². The Balaban J connectivity index is 1.89. The van der Waals surface area contributed by atoms with Gasteiger partial charge >= 0.3 is 0 Å². The van der Waals surface area contributed by atoms with E-state index in [-0.39, 0.29) is 0 Å². The molecule has 2 heterocycles. The van der Waals surface area contributed by atoms with Gasteiger partial charge in [0, 0.05) is 24.5 Å². The standard InChI is InChI=1S/C11H17N5S2/c1-4-12-10-13-14-11(18-10)17-7-9-5-6-16(15-9)8(2)3/h5-6,8H,4,7H2,1-3H3,(H,12,13). The van der Waals surface area contributed by atoms with Crippen molar-refractivity contribution in [2.75, 3.05) is 11.9 Å². The van der Waals surface area contributed by atoms with E-state index in [0.29, 0.717) is 6.04 Å². The summed E-state index contributed by atoms with van der Waals surface area (Å²) in [5, 5.41) is 16.7. The highest BCUT2D eigenvalue weighted by molar-refractivity contribution is 8.00. The van der Waals surface area contributed by atoms with E-state index < -0.39 is 0 Å². The molecule has 0 unspecified atom stereocenters. The van der Waals surface area contributed by atoms with Gasteiger partial charge in [-0.1, -0.05) is 23.1 Å². The molecule has 0 saturated heterocycles. The van der Waals surface area contributed by atoms with Gasteiger partial charge in [0.15, 0.2) is 4.34 Å². The molecule has 2 aromatic heterocycles. The topological polar surface area (TPSA) is 55.6 Å². The highest BCUT2D eigenvalue weighted by Crippen LogP contribution is 2.27. The maximum atomic E-state index is 4.50. The van der Waals surface area contributed by atoms with Crippen LogP contribution in [-0.4, -0.2) is 26.5 Å². The molecule has 0 aromatic carbocycles. The number of aromatic nitrogens is 4. The monoisotopic (exact) mass is 283 g/mol. The van der Waals surface area contributed by atoms with Crippen molar-refractivity contribution >= 4 is 28.2 Å². The van der Waals surface area contributed by atoms with Crippen molar-refractivity contribution in [3.8, 4) is 0 Å². The van der Waals surface area contributed by atoms with Gasteiger partial charge in [0.1, 0.15) is 0 Å². The Labute approximate surface area is 115 Å². The summed E-state index contributed by atoms with van der Waals surface area (Å²) in [5.41, 5.74) is 1.08. The molecule has 5 nitrogen and oxygen atoms in total. The molecule has 0 atom stereocenters. The highest BCUT2D eigenvalue weighted by atomic mass is 32.2. The molecule has 0 radical (unpaired) electrons. The van der Waals surface area contributed by atoms with Crippen molar-refractivity contribution < 1.29 is 0 Å². The average Bonchev–Trinajstić information content (AvgIpc) is 2.95. The minimum atomic E-state index is 0.408. The molecule has 0 saturated carbocycles. The normalized spacial score (nSPS) is 11.1. The third-order valence-corrected chi connectivity index (χ3v) is 4.32. The molecule has 0 aliphatic rings. The molecular weight excluding hydrogens is 266 g/mol. The fourth-order valence-electron chi connectivity index (χ4n) is 1.37. The minimum absolute atomic E-state index is 0.408. The van der Waals surface area contributed by atoms with Crippen molar-refractivity contribution in [1.82, 2.24) is 20.0 Å². The van der Waals surface area contributed by atoms with E-state index in [4.69, 9.17) is 0 Å². The third-order valence-electron chi connectivity index (χ3n) is 2.27. The molecule has 0 bridgehead atoms. The van der Waals surface area contributed by atoms with E-state index in [1.165, 1.54) is 0 Å². The fraction of sp³-hybridized carbons (Fsp3) is 0.545. The van der Waals surface area contributed by atoms with Gasteiger partial charge in [-0.2, -0.15) is 5.10 Å². The maximum absolute atomic E-state index is 4.50. The molecule has 2 aromatic rings. The van der Waals surface area contributed by atoms with Crippen LogP contribution in [0.15, 0.2) is 16.6 Å². The zero-order valence-corrected chi connectivity index (χ0v) is 12.4. The molecule has 0 fully saturated rings. The van der Waals surface area contributed by atoms with Crippen LogP contribution in [0.5, 0.6) is 0 Å². The van der Waals surface area contributed by atoms with Crippen LogP contribution in [0.1, 0.15) is 32.5 Å². The zero-order valence-electron chi connectivity index (χ0n) is 10.8. The van der Waals surface area contributed by atoms with Gasteiger partial charge in [-0.15, -0.1) is 10.2 Å². The van der Waals surface area contributed by atoms with E-state index in [9.17, 15) is 0 Å². The van der Waals surface area contributed by atoms with E-state index in [0.717, 1.165) is 27.5 Å². The number of nitrogens with zero attached hydrogens (tertiary/aromatic N) is 4. The second kappa shape index (κ2) is 6.19. The summed E-state index contributed by atoms with van der Waals surface area (Å²) >= 11 is 3.26. The number of nitrogens with one attached hydrogen (secondary N) is 1. The van der Waals surface area contributed by atoms with Crippen LogP contribution in [0, 0.1) is 0 Å². The first-order valence-electron chi connectivity index (χ1n) is 5.93. The predicted molar refractivity (Wildman–Crippen MR) is 76.2 cm³/mol. The van der Waals surface area contributed by atoms with Crippen molar-refractivity contribution in [2.45, 2.75) is 36.9 Å². The first kappa shape index (κ1) is 13.4. The first-order chi connectivity index (χ1) is 8.69. The Kier molecular flexibility index (Phi) is 4.60. The summed E-state index contributed by atoms with van der Waals surface area (Å²) in [7, 11) is 0. The van der Waals surface area contributed by atoms with E-state index in [2.05, 4.69) is 40.5 Å². The molecular formula is C11H17N5S2. The SMILES string of the molecule is CCNc1nnc(SCc2ccn(C(C)C)n2)s1. The summed E-state index contributed by atoms with van der Waals surface area (Å²) < 4.78 is 2.95. The average molecular weight is 283 g/mol. The number of rotatable bonds is 6. The molecule has 2 rings (SSSR count). The summed E-state index contributed by atoms with van der Waals surface area (Å²) in [5.74, 6) is 0.834. The van der Waals surface area contributed by atoms with Crippen LogP contribution in [-0.2, 0) is 5.75 Å². The quantitative estimate of drug-likeness (QED) is 0.826. The Morgan fingerprint density at radius 2 is 2.28 bits per heavy atom. The fourth-order valence-corrected chi connectivity index (χ4v) is 3.09. The molecule has 18 heavy (non-hydrogen) atoms. The maximum Gasteiger partial charge on any atom is 0.206 e. The Bertz CT molecular complexity index is 491. The van der Waals surface area contributed by atoms with E-state index >= 15 is 0 Å². The van der Waals surface area contributed by atoms with Gasteiger partial charge in [0.25, 0.3) is 0 Å². The molecule has 0 spiro atoms. The Hall–Kier alpha value is -1.08. The third kappa shape index (κ3) is 3.46. The van der Waals surface area contributed by atoms with Gasteiger partial charge in [-0.05, 0) is 26.8 Å². The van der Waals surface area contributed by atoms with E-state index in [1.54, 1.807) is 23.1 Å². The number of thioether (sulfide) groups is 1.